The van der Waals surface area contributed by atoms with Crippen LogP contribution < -0.4 is 10.1 Å². The molecular formula is C17H19NO5. The highest BCUT2D eigenvalue weighted by molar-refractivity contribution is 6.03. The molecule has 0 bridgehead atoms. The van der Waals surface area contributed by atoms with Crippen LogP contribution in [0.5, 0.6) is 5.75 Å². The number of hydrogen-bond acceptors (Lipinski definition) is 4. The van der Waals surface area contributed by atoms with E-state index in [1.54, 1.807) is 31.2 Å². The smallest absolute Gasteiger partial charge is 0.303 e. The van der Waals surface area contributed by atoms with Gasteiger partial charge in [0.2, 0.25) is 0 Å². The monoisotopic (exact) mass is 317 g/mol. The highest BCUT2D eigenvalue weighted by Gasteiger charge is 2.14. The van der Waals surface area contributed by atoms with E-state index >= 15 is 0 Å². The first-order chi connectivity index (χ1) is 11.0. The zero-order valence-corrected chi connectivity index (χ0v) is 13.1. The maximum Gasteiger partial charge on any atom is 0.303 e. The zero-order chi connectivity index (χ0) is 16.8. The van der Waals surface area contributed by atoms with Gasteiger partial charge in [-0.2, -0.15) is 0 Å². The van der Waals surface area contributed by atoms with Crippen LogP contribution in [0.25, 0.3) is 0 Å². The Balaban J connectivity index is 1.88. The summed E-state index contributed by atoms with van der Waals surface area (Å²) in [5, 5.41) is 11.3. The fourth-order valence-corrected chi connectivity index (χ4v) is 2.10. The van der Waals surface area contributed by atoms with E-state index in [2.05, 4.69) is 5.32 Å². The number of anilines is 1. The average Bonchev–Trinajstić information content (AvgIpc) is 2.84. The van der Waals surface area contributed by atoms with Crippen LogP contribution in [0.1, 0.15) is 34.7 Å². The summed E-state index contributed by atoms with van der Waals surface area (Å²) < 4.78 is 10.8. The summed E-state index contributed by atoms with van der Waals surface area (Å²) in [4.78, 5) is 22.5. The Labute approximate surface area is 134 Å². The van der Waals surface area contributed by atoms with Crippen molar-refractivity contribution in [1.29, 1.82) is 0 Å². The number of aliphatic carboxylic acids is 1. The lowest BCUT2D eigenvalue weighted by Gasteiger charge is -2.07. The third-order valence-electron chi connectivity index (χ3n) is 3.16. The summed E-state index contributed by atoms with van der Waals surface area (Å²) >= 11 is 0. The highest BCUT2D eigenvalue weighted by atomic mass is 16.5. The lowest BCUT2D eigenvalue weighted by molar-refractivity contribution is -0.137. The van der Waals surface area contributed by atoms with Gasteiger partial charge >= 0.3 is 5.97 Å². The van der Waals surface area contributed by atoms with Gasteiger partial charge < -0.3 is 19.6 Å². The molecule has 2 rings (SSSR count). The van der Waals surface area contributed by atoms with E-state index in [-0.39, 0.29) is 12.3 Å². The molecule has 2 aromatic rings. The van der Waals surface area contributed by atoms with Gasteiger partial charge in [-0.1, -0.05) is 0 Å². The molecule has 0 fully saturated rings. The van der Waals surface area contributed by atoms with E-state index in [4.69, 9.17) is 14.3 Å². The molecule has 0 atom stereocenters. The van der Waals surface area contributed by atoms with Crippen molar-refractivity contribution in [2.45, 2.75) is 26.7 Å². The molecule has 0 saturated heterocycles. The number of furan rings is 1. The predicted molar refractivity (Wildman–Crippen MR) is 84.9 cm³/mol. The van der Waals surface area contributed by atoms with Crippen molar-refractivity contribution in [2.75, 3.05) is 11.9 Å². The van der Waals surface area contributed by atoms with Crippen molar-refractivity contribution in [2.24, 2.45) is 0 Å². The van der Waals surface area contributed by atoms with Crippen molar-refractivity contribution in [3.63, 3.8) is 0 Å². The normalized spacial score (nSPS) is 10.3. The third kappa shape index (κ3) is 4.88. The minimum Gasteiger partial charge on any atom is -0.494 e. The second kappa shape index (κ2) is 7.49. The van der Waals surface area contributed by atoms with Crippen LogP contribution >= 0.6 is 0 Å². The molecule has 23 heavy (non-hydrogen) atoms. The lowest BCUT2D eigenvalue weighted by Crippen LogP contribution is -2.12. The van der Waals surface area contributed by atoms with Crippen molar-refractivity contribution >= 4 is 17.6 Å². The first-order valence-corrected chi connectivity index (χ1v) is 7.29. The van der Waals surface area contributed by atoms with Crippen molar-refractivity contribution in [3.8, 4) is 5.75 Å². The molecule has 1 aromatic heterocycles. The van der Waals surface area contributed by atoms with Crippen LogP contribution in [0.15, 0.2) is 34.7 Å². The average molecular weight is 317 g/mol. The van der Waals surface area contributed by atoms with Crippen LogP contribution in [0.2, 0.25) is 0 Å². The van der Waals surface area contributed by atoms with E-state index in [9.17, 15) is 9.59 Å². The van der Waals surface area contributed by atoms with Crippen LogP contribution in [0.4, 0.5) is 5.69 Å². The Kier molecular flexibility index (Phi) is 5.41. The standard InChI is InChI=1S/C17H19NO5/c1-11-10-12(2)23-16(11)17(21)18-13-5-7-14(8-6-13)22-9-3-4-15(19)20/h5-8,10H,3-4,9H2,1-2H3,(H,18,21)(H,19,20). The van der Waals surface area contributed by atoms with Gasteiger partial charge in [0.05, 0.1) is 6.61 Å². The van der Waals surface area contributed by atoms with Crippen LogP contribution in [0.3, 0.4) is 0 Å². The molecule has 1 heterocycles. The first-order valence-electron chi connectivity index (χ1n) is 7.29. The fraction of sp³-hybridized carbons (Fsp3) is 0.294. The second-order valence-corrected chi connectivity index (χ2v) is 5.19. The van der Waals surface area contributed by atoms with E-state index in [0.29, 0.717) is 36.0 Å². The molecule has 122 valence electrons. The first kappa shape index (κ1) is 16.6. The Morgan fingerprint density at radius 2 is 1.91 bits per heavy atom. The molecule has 0 unspecified atom stereocenters. The molecule has 2 N–H and O–H groups in total. The molecule has 0 aliphatic carbocycles. The Morgan fingerprint density at radius 3 is 2.48 bits per heavy atom. The predicted octanol–water partition coefficient (Wildman–Crippen LogP) is 3.39. The number of hydrogen-bond donors (Lipinski definition) is 2. The number of carboxylic acid groups (broad SMARTS) is 1. The topological polar surface area (TPSA) is 88.8 Å². The quantitative estimate of drug-likeness (QED) is 0.764. The summed E-state index contributed by atoms with van der Waals surface area (Å²) in [5.41, 5.74) is 1.42. The Bertz CT molecular complexity index is 688. The number of rotatable bonds is 7. The molecule has 0 radical (unpaired) electrons. The van der Waals surface area contributed by atoms with Crippen molar-refractivity contribution in [3.05, 3.63) is 47.4 Å². The van der Waals surface area contributed by atoms with Gasteiger partial charge in [-0.15, -0.1) is 0 Å². The molecular weight excluding hydrogens is 298 g/mol. The Morgan fingerprint density at radius 1 is 1.22 bits per heavy atom. The van der Waals surface area contributed by atoms with Gasteiger partial charge in [0.25, 0.3) is 5.91 Å². The van der Waals surface area contributed by atoms with Crippen LogP contribution in [-0.4, -0.2) is 23.6 Å². The Hall–Kier alpha value is -2.76. The van der Waals surface area contributed by atoms with E-state index < -0.39 is 5.97 Å². The molecule has 0 aliphatic heterocycles. The molecule has 0 aliphatic rings. The summed E-state index contributed by atoms with van der Waals surface area (Å²) in [6, 6.07) is 8.68. The van der Waals surface area contributed by atoms with Gasteiger partial charge in [0.15, 0.2) is 5.76 Å². The van der Waals surface area contributed by atoms with Gasteiger partial charge in [-0.25, -0.2) is 0 Å². The number of nitrogens with one attached hydrogen (secondary N) is 1. The minimum atomic E-state index is -0.838. The molecule has 1 amide bonds. The SMILES string of the molecule is Cc1cc(C)c(C(=O)Nc2ccc(OCCCC(=O)O)cc2)o1. The maximum atomic E-state index is 12.1. The maximum absolute atomic E-state index is 12.1. The van der Waals surface area contributed by atoms with Gasteiger partial charge in [0.1, 0.15) is 11.5 Å². The summed E-state index contributed by atoms with van der Waals surface area (Å²) in [6.45, 7) is 3.95. The number of benzene rings is 1. The molecule has 1 aromatic carbocycles. The number of ether oxygens (including phenoxy) is 1. The van der Waals surface area contributed by atoms with E-state index in [1.165, 1.54) is 0 Å². The largest absolute Gasteiger partial charge is 0.494 e. The highest BCUT2D eigenvalue weighted by Crippen LogP contribution is 2.19. The summed E-state index contributed by atoms with van der Waals surface area (Å²) in [5.74, 6) is 0.480. The lowest BCUT2D eigenvalue weighted by atomic mass is 10.2. The van der Waals surface area contributed by atoms with Crippen LogP contribution in [0, 0.1) is 13.8 Å². The van der Waals surface area contributed by atoms with Crippen LogP contribution in [-0.2, 0) is 4.79 Å². The van der Waals surface area contributed by atoms with Gasteiger partial charge in [-0.05, 0) is 50.6 Å². The molecule has 6 nitrogen and oxygen atoms in total. The van der Waals surface area contributed by atoms with E-state index in [1.807, 2.05) is 13.0 Å². The summed E-state index contributed by atoms with van der Waals surface area (Å²) in [6.07, 6.45) is 0.529. The minimum absolute atomic E-state index is 0.0794. The summed E-state index contributed by atoms with van der Waals surface area (Å²) in [7, 11) is 0. The van der Waals surface area contributed by atoms with Crippen molar-refractivity contribution in [1.82, 2.24) is 0 Å². The van der Waals surface area contributed by atoms with Gasteiger partial charge in [-0.3, -0.25) is 9.59 Å². The fourth-order valence-electron chi connectivity index (χ4n) is 2.10. The number of aryl methyl sites for hydroxylation is 2. The number of carbonyl (C=O) groups is 2. The van der Waals surface area contributed by atoms with Crippen molar-refractivity contribution < 1.29 is 23.8 Å². The molecule has 6 heteroatoms. The number of amides is 1. The molecule has 0 spiro atoms. The zero-order valence-electron chi connectivity index (χ0n) is 13.1. The number of carbonyl (C=O) groups excluding carboxylic acids is 1. The second-order valence-electron chi connectivity index (χ2n) is 5.19. The van der Waals surface area contributed by atoms with E-state index in [0.717, 1.165) is 5.56 Å². The van der Waals surface area contributed by atoms with Gasteiger partial charge in [0, 0.05) is 17.7 Å². The number of carboxylic acids is 1. The third-order valence-corrected chi connectivity index (χ3v) is 3.16. The molecule has 0 saturated carbocycles.